The van der Waals surface area contributed by atoms with Crippen LogP contribution < -0.4 is 14.4 Å². The second-order valence-electron chi connectivity index (χ2n) is 6.79. The van der Waals surface area contributed by atoms with Gasteiger partial charge in [-0.25, -0.2) is 0 Å². The van der Waals surface area contributed by atoms with Gasteiger partial charge in [-0.1, -0.05) is 18.2 Å². The lowest BCUT2D eigenvalue weighted by Gasteiger charge is -2.39. The fraction of sp³-hybridized carbons (Fsp3) is 0.381. The number of hydrogen-bond acceptors (Lipinski definition) is 4. The third-order valence-electron chi connectivity index (χ3n) is 4.86. The summed E-state index contributed by atoms with van der Waals surface area (Å²) in [5.74, 6) is 1.56. The number of amides is 1. The van der Waals surface area contributed by atoms with Crippen LogP contribution in [0.1, 0.15) is 18.1 Å². The molecule has 0 unspecified atom stereocenters. The number of carbonyl (C=O) groups is 1. The molecule has 1 fully saturated rings. The lowest BCUT2D eigenvalue weighted by molar-refractivity contribution is -0.122. The first-order valence-corrected chi connectivity index (χ1v) is 8.84. The number of hydrogen-bond donors (Lipinski definition) is 0. The normalized spacial score (nSPS) is 18.1. The van der Waals surface area contributed by atoms with E-state index in [0.717, 1.165) is 16.8 Å². The van der Waals surface area contributed by atoms with Crippen LogP contribution in [0.5, 0.6) is 11.5 Å². The highest BCUT2D eigenvalue weighted by atomic mass is 16.5. The highest BCUT2D eigenvalue weighted by molar-refractivity contribution is 5.95. The Labute approximate surface area is 155 Å². The number of methoxy groups -OCH3 is 2. The van der Waals surface area contributed by atoms with E-state index in [2.05, 4.69) is 17.9 Å². The van der Waals surface area contributed by atoms with Crippen LogP contribution in [0.3, 0.4) is 0 Å². The molecule has 0 radical (unpaired) electrons. The van der Waals surface area contributed by atoms with Crippen molar-refractivity contribution in [1.82, 2.24) is 4.90 Å². The molecule has 1 aliphatic rings. The van der Waals surface area contributed by atoms with E-state index in [1.807, 2.05) is 48.2 Å². The summed E-state index contributed by atoms with van der Waals surface area (Å²) in [7, 11) is 3.26. The van der Waals surface area contributed by atoms with Gasteiger partial charge in [-0.2, -0.15) is 0 Å². The molecule has 0 aromatic heterocycles. The Bertz CT molecular complexity index is 791. The molecule has 1 heterocycles. The van der Waals surface area contributed by atoms with Gasteiger partial charge in [-0.15, -0.1) is 0 Å². The monoisotopic (exact) mass is 354 g/mol. The van der Waals surface area contributed by atoms with Crippen molar-refractivity contribution in [3.05, 3.63) is 53.6 Å². The summed E-state index contributed by atoms with van der Waals surface area (Å²) in [6.07, 6.45) is 0. The number of anilines is 1. The zero-order valence-corrected chi connectivity index (χ0v) is 15.9. The summed E-state index contributed by atoms with van der Waals surface area (Å²) in [4.78, 5) is 16.8. The van der Waals surface area contributed by atoms with Gasteiger partial charge in [-0.3, -0.25) is 9.69 Å². The highest BCUT2D eigenvalue weighted by Crippen LogP contribution is 2.29. The van der Waals surface area contributed by atoms with E-state index < -0.39 is 0 Å². The fourth-order valence-electron chi connectivity index (χ4n) is 3.37. The first kappa shape index (κ1) is 18.3. The molecule has 2 aromatic carbocycles. The second-order valence-corrected chi connectivity index (χ2v) is 6.79. The van der Waals surface area contributed by atoms with Gasteiger partial charge >= 0.3 is 0 Å². The van der Waals surface area contributed by atoms with Crippen LogP contribution in [-0.4, -0.2) is 44.2 Å². The lowest BCUT2D eigenvalue weighted by atomic mass is 10.1. The number of carbonyl (C=O) groups excluding carboxylic acids is 1. The Morgan fingerprint density at radius 1 is 1.08 bits per heavy atom. The molecule has 5 nitrogen and oxygen atoms in total. The minimum absolute atomic E-state index is 0.133. The molecule has 138 valence electrons. The maximum absolute atomic E-state index is 12.7. The fourth-order valence-corrected chi connectivity index (χ4v) is 3.37. The van der Waals surface area contributed by atoms with E-state index in [9.17, 15) is 4.79 Å². The quantitative estimate of drug-likeness (QED) is 0.827. The average Bonchev–Trinajstić information content (AvgIpc) is 2.64. The Kier molecular flexibility index (Phi) is 5.47. The summed E-state index contributed by atoms with van der Waals surface area (Å²) < 4.78 is 10.7. The van der Waals surface area contributed by atoms with Gasteiger partial charge in [0.2, 0.25) is 5.91 Å². The molecule has 0 spiro atoms. The number of benzene rings is 2. The Hall–Kier alpha value is -2.53. The molecule has 0 bridgehead atoms. The van der Waals surface area contributed by atoms with Crippen LogP contribution in [0.25, 0.3) is 0 Å². The maximum atomic E-state index is 12.7. The zero-order chi connectivity index (χ0) is 18.7. The van der Waals surface area contributed by atoms with Crippen LogP contribution in [0.2, 0.25) is 0 Å². The van der Waals surface area contributed by atoms with E-state index >= 15 is 0 Å². The van der Waals surface area contributed by atoms with Crippen molar-refractivity contribution in [1.29, 1.82) is 0 Å². The SMILES string of the molecule is COc1ccc(CN2CC(=O)N(c3cccc(C)c3)C[C@H]2C)cc1OC. The molecule has 0 saturated carbocycles. The molecular formula is C21H26N2O3. The Balaban J connectivity index is 1.73. The minimum Gasteiger partial charge on any atom is -0.493 e. The molecule has 1 atom stereocenters. The predicted molar refractivity (Wildman–Crippen MR) is 103 cm³/mol. The standard InChI is InChI=1S/C21H26N2O3/c1-15-6-5-7-18(10-15)23-12-16(2)22(14-21(23)24)13-17-8-9-19(25-3)20(11-17)26-4/h5-11,16H,12-14H2,1-4H3/t16-/m1/s1. The van der Waals surface area contributed by atoms with Gasteiger partial charge in [0.05, 0.1) is 20.8 Å². The molecule has 0 N–H and O–H groups in total. The molecular weight excluding hydrogens is 328 g/mol. The third kappa shape index (κ3) is 3.83. The summed E-state index contributed by atoms with van der Waals surface area (Å²) in [5, 5.41) is 0. The van der Waals surface area contributed by atoms with Crippen LogP contribution in [-0.2, 0) is 11.3 Å². The maximum Gasteiger partial charge on any atom is 0.241 e. The van der Waals surface area contributed by atoms with Crippen LogP contribution >= 0.6 is 0 Å². The molecule has 1 aliphatic heterocycles. The van der Waals surface area contributed by atoms with Crippen molar-refractivity contribution in [2.75, 3.05) is 32.2 Å². The van der Waals surface area contributed by atoms with Crippen molar-refractivity contribution < 1.29 is 14.3 Å². The Morgan fingerprint density at radius 2 is 1.85 bits per heavy atom. The van der Waals surface area contributed by atoms with Gasteiger partial charge in [-0.05, 0) is 49.2 Å². The number of nitrogens with zero attached hydrogens (tertiary/aromatic N) is 2. The van der Waals surface area contributed by atoms with E-state index in [-0.39, 0.29) is 11.9 Å². The smallest absolute Gasteiger partial charge is 0.241 e. The van der Waals surface area contributed by atoms with Crippen molar-refractivity contribution in [2.45, 2.75) is 26.4 Å². The second kappa shape index (κ2) is 7.79. The van der Waals surface area contributed by atoms with Crippen molar-refractivity contribution >= 4 is 11.6 Å². The summed E-state index contributed by atoms with van der Waals surface area (Å²) in [6, 6.07) is 14.3. The van der Waals surface area contributed by atoms with E-state index in [1.165, 1.54) is 0 Å². The number of piperazine rings is 1. The Morgan fingerprint density at radius 3 is 2.54 bits per heavy atom. The molecule has 5 heteroatoms. The molecule has 2 aromatic rings. The van der Waals surface area contributed by atoms with E-state index in [0.29, 0.717) is 31.1 Å². The number of aryl methyl sites for hydroxylation is 1. The average molecular weight is 354 g/mol. The molecule has 0 aliphatic carbocycles. The van der Waals surface area contributed by atoms with Gasteiger partial charge in [0, 0.05) is 24.8 Å². The van der Waals surface area contributed by atoms with Crippen molar-refractivity contribution in [3.63, 3.8) is 0 Å². The first-order valence-electron chi connectivity index (χ1n) is 8.84. The van der Waals surface area contributed by atoms with Gasteiger partial charge < -0.3 is 14.4 Å². The minimum atomic E-state index is 0.133. The summed E-state index contributed by atoms with van der Waals surface area (Å²) in [5.41, 5.74) is 3.25. The van der Waals surface area contributed by atoms with Gasteiger partial charge in [0.15, 0.2) is 11.5 Å². The summed E-state index contributed by atoms with van der Waals surface area (Å²) >= 11 is 0. The molecule has 3 rings (SSSR count). The molecule has 1 saturated heterocycles. The van der Waals surface area contributed by atoms with Crippen LogP contribution in [0.15, 0.2) is 42.5 Å². The summed E-state index contributed by atoms with van der Waals surface area (Å²) in [6.45, 7) is 6.01. The van der Waals surface area contributed by atoms with Gasteiger partial charge in [0.1, 0.15) is 0 Å². The zero-order valence-electron chi connectivity index (χ0n) is 15.9. The van der Waals surface area contributed by atoms with Crippen LogP contribution in [0, 0.1) is 6.92 Å². The molecule has 26 heavy (non-hydrogen) atoms. The third-order valence-corrected chi connectivity index (χ3v) is 4.86. The highest BCUT2D eigenvalue weighted by Gasteiger charge is 2.30. The first-order chi connectivity index (χ1) is 12.5. The van der Waals surface area contributed by atoms with Gasteiger partial charge in [0.25, 0.3) is 0 Å². The van der Waals surface area contributed by atoms with Crippen molar-refractivity contribution in [3.8, 4) is 11.5 Å². The van der Waals surface area contributed by atoms with Crippen molar-refractivity contribution in [2.24, 2.45) is 0 Å². The lowest BCUT2D eigenvalue weighted by Crippen LogP contribution is -2.54. The topological polar surface area (TPSA) is 42.0 Å². The number of rotatable bonds is 5. The molecule has 1 amide bonds. The number of ether oxygens (including phenoxy) is 2. The van der Waals surface area contributed by atoms with Crippen LogP contribution in [0.4, 0.5) is 5.69 Å². The predicted octanol–water partition coefficient (Wildman–Crippen LogP) is 3.25. The van der Waals surface area contributed by atoms with E-state index in [1.54, 1.807) is 14.2 Å². The largest absolute Gasteiger partial charge is 0.493 e. The van der Waals surface area contributed by atoms with E-state index in [4.69, 9.17) is 9.47 Å².